The highest BCUT2D eigenvalue weighted by Crippen LogP contribution is 2.16. The molecule has 0 spiro atoms. The van der Waals surface area contributed by atoms with Crippen molar-refractivity contribution in [2.24, 2.45) is 0 Å². The van der Waals surface area contributed by atoms with Crippen LogP contribution in [-0.4, -0.2) is 30.7 Å². The molecule has 0 unspecified atom stereocenters. The minimum atomic E-state index is 1.35. The summed E-state index contributed by atoms with van der Waals surface area (Å²) in [6, 6.07) is 12.0. The minimum absolute atomic E-state index is 1.35. The van der Waals surface area contributed by atoms with E-state index >= 15 is 0 Å². The van der Waals surface area contributed by atoms with Crippen molar-refractivity contribution in [1.82, 2.24) is 0 Å². The van der Waals surface area contributed by atoms with E-state index in [1.54, 1.807) is 0 Å². The van der Waals surface area contributed by atoms with Gasteiger partial charge in [0.25, 0.3) is 0 Å². The Morgan fingerprint density at radius 3 is 0.826 bits per heavy atom. The van der Waals surface area contributed by atoms with E-state index in [2.05, 4.69) is 27.7 Å². The second-order valence-electron chi connectivity index (χ2n) is 6.80. The summed E-state index contributed by atoms with van der Waals surface area (Å²) in [7, 11) is 0. The third-order valence-corrected chi connectivity index (χ3v) is 4.61. The van der Waals surface area contributed by atoms with E-state index < -0.39 is 0 Å². The summed E-state index contributed by atoms with van der Waals surface area (Å²) in [6.07, 6.45) is 11.1. The molecule has 0 heterocycles. The zero-order chi connectivity index (χ0) is 17.2. The van der Waals surface area contributed by atoms with Crippen LogP contribution in [0.4, 0.5) is 0 Å². The molecule has 0 saturated heterocycles. The molecule has 0 saturated carbocycles. The SMILES string of the molecule is CCCC[N+](CCCC)(CCCC)CCCC.c1ccccc1. The highest BCUT2D eigenvalue weighted by Gasteiger charge is 2.24. The van der Waals surface area contributed by atoms with Crippen molar-refractivity contribution in [3.8, 4) is 0 Å². The number of hydrogen-bond donors (Lipinski definition) is 0. The standard InChI is InChI=1S/C16H36N.C6H6/c1-5-9-13-17(14-10-6-2,15-11-7-3)16-12-8-4;1-2-4-6-5-3-1/h5-16H2,1-4H3;1-6H/q+1;. The predicted octanol–water partition coefficient (Wildman–Crippen LogP) is 6.69. The third kappa shape index (κ3) is 12.3. The fourth-order valence-corrected chi connectivity index (χ4v) is 3.03. The average Bonchev–Trinajstić information content (AvgIpc) is 2.62. The fraction of sp³-hybridized carbons (Fsp3) is 0.727. The lowest BCUT2D eigenvalue weighted by molar-refractivity contribution is -0.929. The molecular formula is C22H42N+. The summed E-state index contributed by atoms with van der Waals surface area (Å²) in [5.41, 5.74) is 0. The van der Waals surface area contributed by atoms with E-state index in [4.69, 9.17) is 0 Å². The molecule has 0 fully saturated rings. The smallest absolute Gasteiger partial charge is 0.0786 e. The van der Waals surface area contributed by atoms with Crippen molar-refractivity contribution >= 4 is 0 Å². The molecule has 0 atom stereocenters. The van der Waals surface area contributed by atoms with Crippen LogP contribution in [0, 0.1) is 0 Å². The number of rotatable bonds is 12. The van der Waals surface area contributed by atoms with Gasteiger partial charge in [0, 0.05) is 0 Å². The molecule has 1 heteroatoms. The molecule has 0 aliphatic heterocycles. The highest BCUT2D eigenvalue weighted by atomic mass is 15.3. The van der Waals surface area contributed by atoms with Gasteiger partial charge in [0.1, 0.15) is 0 Å². The molecule has 1 nitrogen and oxygen atoms in total. The second kappa shape index (κ2) is 16.1. The largest absolute Gasteiger partial charge is 0.324 e. The first-order valence-corrected chi connectivity index (χ1v) is 10.1. The molecule has 0 radical (unpaired) electrons. The number of unbranched alkanes of at least 4 members (excludes halogenated alkanes) is 4. The van der Waals surface area contributed by atoms with E-state index in [-0.39, 0.29) is 0 Å². The Morgan fingerprint density at radius 1 is 0.435 bits per heavy atom. The maximum Gasteiger partial charge on any atom is 0.0786 e. The lowest BCUT2D eigenvalue weighted by atomic mass is 10.1. The Bertz CT molecular complexity index is 256. The first-order chi connectivity index (χ1) is 11.2. The predicted molar refractivity (Wildman–Crippen MR) is 106 cm³/mol. The van der Waals surface area contributed by atoms with Crippen LogP contribution in [0.2, 0.25) is 0 Å². The maximum atomic E-state index is 2.33. The summed E-state index contributed by atoms with van der Waals surface area (Å²) in [5, 5.41) is 0. The van der Waals surface area contributed by atoms with Gasteiger partial charge in [-0.1, -0.05) is 89.8 Å². The van der Waals surface area contributed by atoms with Crippen LogP contribution in [0.5, 0.6) is 0 Å². The maximum absolute atomic E-state index is 2.33. The van der Waals surface area contributed by atoms with Gasteiger partial charge in [0.2, 0.25) is 0 Å². The second-order valence-corrected chi connectivity index (χ2v) is 6.80. The molecule has 23 heavy (non-hydrogen) atoms. The molecule has 134 valence electrons. The van der Waals surface area contributed by atoms with Crippen LogP contribution in [-0.2, 0) is 0 Å². The summed E-state index contributed by atoms with van der Waals surface area (Å²) in [6.45, 7) is 15.0. The highest BCUT2D eigenvalue weighted by molar-refractivity contribution is 4.99. The Morgan fingerprint density at radius 2 is 0.652 bits per heavy atom. The Kier molecular flexibility index (Phi) is 15.5. The average molecular weight is 321 g/mol. The van der Waals surface area contributed by atoms with Gasteiger partial charge >= 0.3 is 0 Å². The van der Waals surface area contributed by atoms with Crippen molar-refractivity contribution in [3.05, 3.63) is 36.4 Å². The Balaban J connectivity index is 0.000000664. The van der Waals surface area contributed by atoms with Crippen molar-refractivity contribution in [1.29, 1.82) is 0 Å². The zero-order valence-electron chi connectivity index (χ0n) is 16.4. The number of nitrogens with zero attached hydrogens (tertiary/aromatic N) is 1. The van der Waals surface area contributed by atoms with Crippen LogP contribution in [0.3, 0.4) is 0 Å². The van der Waals surface area contributed by atoms with Gasteiger partial charge in [-0.3, -0.25) is 0 Å². The molecule has 1 aromatic carbocycles. The lowest BCUT2D eigenvalue weighted by Crippen LogP contribution is -2.50. The molecule has 0 bridgehead atoms. The van der Waals surface area contributed by atoms with Crippen molar-refractivity contribution in [2.45, 2.75) is 79.1 Å². The van der Waals surface area contributed by atoms with E-state index in [1.165, 1.54) is 82.0 Å². The van der Waals surface area contributed by atoms with Crippen molar-refractivity contribution < 1.29 is 4.48 Å². The summed E-state index contributed by atoms with van der Waals surface area (Å²) in [4.78, 5) is 0. The van der Waals surface area contributed by atoms with Gasteiger partial charge in [-0.2, -0.15) is 0 Å². The summed E-state index contributed by atoms with van der Waals surface area (Å²) >= 11 is 0. The summed E-state index contributed by atoms with van der Waals surface area (Å²) < 4.78 is 1.42. The van der Waals surface area contributed by atoms with Gasteiger partial charge in [0.15, 0.2) is 0 Å². The molecule has 0 aliphatic carbocycles. The topological polar surface area (TPSA) is 0 Å². The number of quaternary nitrogens is 1. The quantitative estimate of drug-likeness (QED) is 0.376. The van der Waals surface area contributed by atoms with Crippen LogP contribution in [0.25, 0.3) is 0 Å². The third-order valence-electron chi connectivity index (χ3n) is 4.61. The van der Waals surface area contributed by atoms with E-state index in [1.807, 2.05) is 36.4 Å². The van der Waals surface area contributed by atoms with Gasteiger partial charge < -0.3 is 4.48 Å². The van der Waals surface area contributed by atoms with E-state index in [0.717, 1.165) is 0 Å². The zero-order valence-corrected chi connectivity index (χ0v) is 16.4. The van der Waals surface area contributed by atoms with Crippen LogP contribution in [0.15, 0.2) is 36.4 Å². The molecule has 0 aliphatic rings. The van der Waals surface area contributed by atoms with Crippen molar-refractivity contribution in [2.75, 3.05) is 26.2 Å². The van der Waals surface area contributed by atoms with Crippen LogP contribution >= 0.6 is 0 Å². The molecule has 1 aromatic rings. The first-order valence-electron chi connectivity index (χ1n) is 10.1. The minimum Gasteiger partial charge on any atom is -0.324 e. The Hall–Kier alpha value is -0.820. The van der Waals surface area contributed by atoms with Gasteiger partial charge in [-0.15, -0.1) is 0 Å². The van der Waals surface area contributed by atoms with Crippen molar-refractivity contribution in [3.63, 3.8) is 0 Å². The number of benzene rings is 1. The first kappa shape index (κ1) is 22.2. The molecular weight excluding hydrogens is 278 g/mol. The fourth-order valence-electron chi connectivity index (χ4n) is 3.03. The van der Waals surface area contributed by atoms with E-state index in [0.29, 0.717) is 0 Å². The molecule has 0 aromatic heterocycles. The van der Waals surface area contributed by atoms with E-state index in [9.17, 15) is 0 Å². The Labute approximate surface area is 146 Å². The van der Waals surface area contributed by atoms with Gasteiger partial charge in [-0.05, 0) is 25.7 Å². The van der Waals surface area contributed by atoms with Crippen LogP contribution < -0.4 is 0 Å². The van der Waals surface area contributed by atoms with Gasteiger partial charge in [-0.25, -0.2) is 0 Å². The monoisotopic (exact) mass is 320 g/mol. The van der Waals surface area contributed by atoms with Gasteiger partial charge in [0.05, 0.1) is 26.2 Å². The lowest BCUT2D eigenvalue weighted by Gasteiger charge is -2.39. The number of hydrogen-bond acceptors (Lipinski definition) is 0. The normalized spacial score (nSPS) is 11.0. The van der Waals surface area contributed by atoms with Crippen LogP contribution in [0.1, 0.15) is 79.1 Å². The molecule has 1 rings (SSSR count). The molecule has 0 amide bonds. The molecule has 0 N–H and O–H groups in total. The summed E-state index contributed by atoms with van der Waals surface area (Å²) in [5.74, 6) is 0.